The summed E-state index contributed by atoms with van der Waals surface area (Å²) in [7, 11) is 0. The molecule has 0 radical (unpaired) electrons. The molecule has 11 aromatic rings. The van der Waals surface area contributed by atoms with Crippen molar-refractivity contribution in [2.75, 3.05) is 0 Å². The Bertz CT molecular complexity index is 3220. The number of hydrogen-bond donors (Lipinski definition) is 0. The smallest absolute Gasteiger partial charge is 0.164 e. The first-order chi connectivity index (χ1) is 27.3. The molecule has 2 heterocycles. The van der Waals surface area contributed by atoms with Crippen LogP contribution in [0.2, 0.25) is 0 Å². The first kappa shape index (κ1) is 31.1. The topological polar surface area (TPSA) is 43.6 Å². The fourth-order valence-electron chi connectivity index (χ4n) is 8.26. The Balaban J connectivity index is 1.10. The highest BCUT2D eigenvalue weighted by atomic mass is 15.0. The van der Waals surface area contributed by atoms with Gasteiger partial charge in [0, 0.05) is 38.5 Å². The lowest BCUT2D eigenvalue weighted by Crippen LogP contribution is -2.00. The molecule has 0 saturated carbocycles. The number of hydrogen-bond acceptors (Lipinski definition) is 3. The molecule has 0 aliphatic carbocycles. The van der Waals surface area contributed by atoms with Crippen molar-refractivity contribution >= 4 is 54.1 Å². The van der Waals surface area contributed by atoms with Crippen LogP contribution in [0.4, 0.5) is 0 Å². The van der Waals surface area contributed by atoms with Gasteiger partial charge in [-0.1, -0.05) is 164 Å². The second-order valence-electron chi connectivity index (χ2n) is 14.0. The zero-order valence-electron chi connectivity index (χ0n) is 29.8. The van der Waals surface area contributed by atoms with Gasteiger partial charge in [0.1, 0.15) is 0 Å². The molecule has 0 aliphatic heterocycles. The molecule has 0 fully saturated rings. The lowest BCUT2D eigenvalue weighted by atomic mass is 9.95. The lowest BCUT2D eigenvalue weighted by Gasteiger charge is -2.13. The van der Waals surface area contributed by atoms with Crippen LogP contribution in [0.15, 0.2) is 194 Å². The fraction of sp³-hybridized carbons (Fsp3) is 0. The maximum Gasteiger partial charge on any atom is 0.164 e. The Labute approximate surface area is 317 Å². The van der Waals surface area contributed by atoms with Crippen LogP contribution < -0.4 is 0 Å². The standard InChI is InChI=1S/C51H32N4/c1-3-13-33(14-4-1)34-23-25-37(26-24-34)50-52-49(36-16-5-2-6-17-36)53-51(54-50)38-27-30-39(31-28-38)55-45-32-29-35-15-7-8-18-40(35)46(45)47-43-21-11-9-19-41(43)42-20-10-12-22-44(42)48(47)55/h1-32H. The predicted molar refractivity (Wildman–Crippen MR) is 228 cm³/mol. The number of rotatable bonds is 5. The number of benzene rings is 9. The van der Waals surface area contributed by atoms with Gasteiger partial charge in [0.05, 0.1) is 11.0 Å². The molecule has 0 bridgehead atoms. The molecule has 0 N–H and O–H groups in total. The Morgan fingerprint density at radius 2 is 0.727 bits per heavy atom. The molecule has 0 aliphatic rings. The molecule has 0 unspecified atom stereocenters. The second-order valence-corrected chi connectivity index (χ2v) is 14.0. The predicted octanol–water partition coefficient (Wildman–Crippen LogP) is 13.1. The van der Waals surface area contributed by atoms with E-state index in [0.29, 0.717) is 17.5 Å². The Morgan fingerprint density at radius 1 is 0.291 bits per heavy atom. The average molecular weight is 701 g/mol. The highest BCUT2D eigenvalue weighted by Crippen LogP contribution is 2.44. The number of nitrogens with zero attached hydrogens (tertiary/aromatic N) is 4. The van der Waals surface area contributed by atoms with Gasteiger partial charge in [0.25, 0.3) is 0 Å². The summed E-state index contributed by atoms with van der Waals surface area (Å²) in [5.74, 6) is 1.91. The van der Waals surface area contributed by atoms with Crippen LogP contribution >= 0.6 is 0 Å². The van der Waals surface area contributed by atoms with Crippen LogP contribution in [0, 0.1) is 0 Å². The third kappa shape index (κ3) is 5.11. The van der Waals surface area contributed by atoms with Gasteiger partial charge in [0.2, 0.25) is 0 Å². The van der Waals surface area contributed by atoms with Gasteiger partial charge in [-0.05, 0) is 68.4 Å². The van der Waals surface area contributed by atoms with Gasteiger partial charge >= 0.3 is 0 Å². The molecule has 256 valence electrons. The molecule has 0 amide bonds. The summed E-state index contributed by atoms with van der Waals surface area (Å²) < 4.78 is 2.44. The van der Waals surface area contributed by atoms with E-state index in [-0.39, 0.29) is 0 Å². The minimum atomic E-state index is 0.632. The molecule has 4 heteroatoms. The van der Waals surface area contributed by atoms with Gasteiger partial charge < -0.3 is 4.57 Å². The lowest BCUT2D eigenvalue weighted by molar-refractivity contribution is 1.07. The Hall–Kier alpha value is -7.43. The van der Waals surface area contributed by atoms with Gasteiger partial charge in [-0.25, -0.2) is 15.0 Å². The summed E-state index contributed by atoms with van der Waals surface area (Å²) in [6.07, 6.45) is 0. The molecule has 2 aromatic heterocycles. The van der Waals surface area contributed by atoms with Crippen molar-refractivity contribution in [2.45, 2.75) is 0 Å². The van der Waals surface area contributed by atoms with Gasteiger partial charge in [-0.15, -0.1) is 0 Å². The van der Waals surface area contributed by atoms with E-state index in [1.165, 1.54) is 59.7 Å². The highest BCUT2D eigenvalue weighted by Gasteiger charge is 2.21. The summed E-state index contributed by atoms with van der Waals surface area (Å²) in [6, 6.07) is 68.6. The van der Waals surface area contributed by atoms with Crippen LogP contribution in [-0.4, -0.2) is 19.5 Å². The van der Waals surface area contributed by atoms with E-state index in [1.54, 1.807) is 0 Å². The van der Waals surface area contributed by atoms with Crippen molar-refractivity contribution in [2.24, 2.45) is 0 Å². The van der Waals surface area contributed by atoms with E-state index >= 15 is 0 Å². The largest absolute Gasteiger partial charge is 0.309 e. The van der Waals surface area contributed by atoms with E-state index in [9.17, 15) is 0 Å². The summed E-state index contributed by atoms with van der Waals surface area (Å²) in [5, 5.41) is 10.0. The molecule has 0 atom stereocenters. The van der Waals surface area contributed by atoms with Crippen LogP contribution in [-0.2, 0) is 0 Å². The van der Waals surface area contributed by atoms with Crippen molar-refractivity contribution in [1.29, 1.82) is 0 Å². The summed E-state index contributed by atoms with van der Waals surface area (Å²) in [6.45, 7) is 0. The third-order valence-corrected chi connectivity index (χ3v) is 10.8. The van der Waals surface area contributed by atoms with Crippen molar-refractivity contribution < 1.29 is 0 Å². The fourth-order valence-corrected chi connectivity index (χ4v) is 8.26. The Morgan fingerprint density at radius 3 is 1.36 bits per heavy atom. The minimum absolute atomic E-state index is 0.632. The average Bonchev–Trinajstić information content (AvgIpc) is 3.63. The minimum Gasteiger partial charge on any atom is -0.309 e. The molecular weight excluding hydrogens is 669 g/mol. The van der Waals surface area contributed by atoms with E-state index < -0.39 is 0 Å². The van der Waals surface area contributed by atoms with Crippen molar-refractivity contribution in [3.8, 4) is 51.0 Å². The highest BCUT2D eigenvalue weighted by molar-refractivity contribution is 6.35. The zero-order chi connectivity index (χ0) is 36.3. The molecule has 4 nitrogen and oxygen atoms in total. The van der Waals surface area contributed by atoms with Crippen molar-refractivity contribution in [3.05, 3.63) is 194 Å². The third-order valence-electron chi connectivity index (χ3n) is 10.8. The van der Waals surface area contributed by atoms with Gasteiger partial charge in [-0.3, -0.25) is 0 Å². The van der Waals surface area contributed by atoms with Crippen LogP contribution in [0.25, 0.3) is 105 Å². The van der Waals surface area contributed by atoms with E-state index in [1.807, 2.05) is 36.4 Å². The van der Waals surface area contributed by atoms with E-state index in [0.717, 1.165) is 27.9 Å². The van der Waals surface area contributed by atoms with Crippen LogP contribution in [0.3, 0.4) is 0 Å². The quantitative estimate of drug-likeness (QED) is 0.168. The first-order valence-corrected chi connectivity index (χ1v) is 18.6. The molecule has 0 saturated heterocycles. The van der Waals surface area contributed by atoms with Gasteiger partial charge in [0.15, 0.2) is 17.5 Å². The van der Waals surface area contributed by atoms with Crippen molar-refractivity contribution in [1.82, 2.24) is 19.5 Å². The van der Waals surface area contributed by atoms with E-state index in [2.05, 4.69) is 162 Å². The second kappa shape index (κ2) is 12.6. The zero-order valence-corrected chi connectivity index (χ0v) is 29.8. The number of fused-ring (bicyclic) bond motifs is 10. The first-order valence-electron chi connectivity index (χ1n) is 18.6. The van der Waals surface area contributed by atoms with Crippen molar-refractivity contribution in [3.63, 3.8) is 0 Å². The Kier molecular flexibility index (Phi) is 7.14. The molecule has 9 aromatic carbocycles. The molecular formula is C51H32N4. The van der Waals surface area contributed by atoms with Crippen LogP contribution in [0.1, 0.15) is 0 Å². The SMILES string of the molecule is c1ccc(-c2ccc(-c3nc(-c4ccccc4)nc(-c4ccc(-n5c6ccc7ccccc7c6c6c7ccccc7c7ccccc7c65)cc4)n3)cc2)cc1. The monoisotopic (exact) mass is 700 g/mol. The summed E-state index contributed by atoms with van der Waals surface area (Å²) in [4.78, 5) is 15.1. The molecule has 0 spiro atoms. The van der Waals surface area contributed by atoms with E-state index in [4.69, 9.17) is 15.0 Å². The van der Waals surface area contributed by atoms with Crippen LogP contribution in [0.5, 0.6) is 0 Å². The maximum atomic E-state index is 5.07. The maximum absolute atomic E-state index is 5.07. The normalized spacial score (nSPS) is 11.6. The number of aromatic nitrogens is 4. The summed E-state index contributed by atoms with van der Waals surface area (Å²) in [5.41, 5.74) is 8.59. The van der Waals surface area contributed by atoms with Gasteiger partial charge in [-0.2, -0.15) is 0 Å². The summed E-state index contributed by atoms with van der Waals surface area (Å²) >= 11 is 0. The molecule has 11 rings (SSSR count). The molecule has 55 heavy (non-hydrogen) atoms.